The van der Waals surface area contributed by atoms with Gasteiger partial charge in [0.15, 0.2) is 0 Å². The maximum absolute atomic E-state index is 12.1. The standard InChI is InChI=1S/C13H22N2O/c16-13-12(9-5-1-2-6-9)14-10-7-3-4-8-11(10)15-13/h9-12,14H,1-8H2,(H,15,16)/t10-,11-,12-/m1/s1. The molecule has 0 aromatic rings. The molecule has 16 heavy (non-hydrogen) atoms. The summed E-state index contributed by atoms with van der Waals surface area (Å²) in [7, 11) is 0. The summed E-state index contributed by atoms with van der Waals surface area (Å²) in [4.78, 5) is 12.1. The first-order valence-corrected chi connectivity index (χ1v) is 6.91. The summed E-state index contributed by atoms with van der Waals surface area (Å²) in [5, 5.41) is 6.88. The smallest absolute Gasteiger partial charge is 0.237 e. The molecule has 0 bridgehead atoms. The molecule has 0 radical (unpaired) electrons. The first-order chi connectivity index (χ1) is 7.84. The fourth-order valence-electron chi connectivity index (χ4n) is 3.72. The molecule has 1 heterocycles. The highest BCUT2D eigenvalue weighted by atomic mass is 16.2. The highest BCUT2D eigenvalue weighted by Crippen LogP contribution is 2.31. The van der Waals surface area contributed by atoms with Crippen molar-refractivity contribution < 1.29 is 4.79 Å². The van der Waals surface area contributed by atoms with Gasteiger partial charge in [-0.3, -0.25) is 4.79 Å². The maximum atomic E-state index is 12.1. The topological polar surface area (TPSA) is 41.1 Å². The summed E-state index contributed by atoms with van der Waals surface area (Å²) in [6.07, 6.45) is 10.1. The second-order valence-electron chi connectivity index (χ2n) is 5.69. The first kappa shape index (κ1) is 10.6. The average Bonchev–Trinajstić information content (AvgIpc) is 2.81. The monoisotopic (exact) mass is 222 g/mol. The lowest BCUT2D eigenvalue weighted by molar-refractivity contribution is -0.128. The van der Waals surface area contributed by atoms with Gasteiger partial charge in [0.2, 0.25) is 5.91 Å². The zero-order valence-corrected chi connectivity index (χ0v) is 9.87. The van der Waals surface area contributed by atoms with E-state index in [0.29, 0.717) is 18.0 Å². The summed E-state index contributed by atoms with van der Waals surface area (Å²) >= 11 is 0. The van der Waals surface area contributed by atoms with Gasteiger partial charge in [-0.1, -0.05) is 25.7 Å². The maximum Gasteiger partial charge on any atom is 0.237 e. The molecule has 2 saturated carbocycles. The van der Waals surface area contributed by atoms with Gasteiger partial charge >= 0.3 is 0 Å². The van der Waals surface area contributed by atoms with Crippen molar-refractivity contribution in [3.05, 3.63) is 0 Å². The van der Waals surface area contributed by atoms with E-state index in [4.69, 9.17) is 0 Å². The number of piperazine rings is 1. The van der Waals surface area contributed by atoms with Crippen molar-refractivity contribution in [3.8, 4) is 0 Å². The van der Waals surface area contributed by atoms with E-state index in [1.165, 1.54) is 51.4 Å². The molecular weight excluding hydrogens is 200 g/mol. The minimum Gasteiger partial charge on any atom is -0.350 e. The van der Waals surface area contributed by atoms with Crippen molar-refractivity contribution in [3.63, 3.8) is 0 Å². The van der Waals surface area contributed by atoms with Crippen LogP contribution in [0.2, 0.25) is 0 Å². The normalized spacial score (nSPS) is 40.5. The molecule has 3 aliphatic rings. The Hall–Kier alpha value is -0.570. The summed E-state index contributed by atoms with van der Waals surface area (Å²) in [6.45, 7) is 0. The molecule has 1 amide bonds. The van der Waals surface area contributed by atoms with Gasteiger partial charge in [0.05, 0.1) is 6.04 Å². The molecular formula is C13H22N2O. The summed E-state index contributed by atoms with van der Waals surface area (Å²) in [5.41, 5.74) is 0. The number of nitrogens with one attached hydrogen (secondary N) is 2. The number of amides is 1. The predicted octanol–water partition coefficient (Wildman–Crippen LogP) is 1.58. The van der Waals surface area contributed by atoms with Crippen LogP contribution in [0.1, 0.15) is 51.4 Å². The second-order valence-corrected chi connectivity index (χ2v) is 5.69. The minimum atomic E-state index is 0.113. The van der Waals surface area contributed by atoms with Crippen molar-refractivity contribution in [2.24, 2.45) is 5.92 Å². The molecule has 3 atom stereocenters. The van der Waals surface area contributed by atoms with Crippen molar-refractivity contribution >= 4 is 5.91 Å². The first-order valence-electron chi connectivity index (χ1n) is 6.91. The molecule has 0 aromatic carbocycles. The molecule has 3 fully saturated rings. The number of fused-ring (bicyclic) bond motifs is 1. The van der Waals surface area contributed by atoms with Crippen LogP contribution in [0.15, 0.2) is 0 Å². The fourth-order valence-corrected chi connectivity index (χ4v) is 3.72. The van der Waals surface area contributed by atoms with Gasteiger partial charge in [-0.2, -0.15) is 0 Å². The van der Waals surface area contributed by atoms with Gasteiger partial charge in [-0.05, 0) is 31.6 Å². The Morgan fingerprint density at radius 1 is 0.875 bits per heavy atom. The molecule has 0 aromatic heterocycles. The van der Waals surface area contributed by atoms with Crippen LogP contribution in [0.25, 0.3) is 0 Å². The minimum absolute atomic E-state index is 0.113. The van der Waals surface area contributed by atoms with Crippen molar-refractivity contribution in [2.75, 3.05) is 0 Å². The number of hydrogen-bond donors (Lipinski definition) is 2. The highest BCUT2D eigenvalue weighted by Gasteiger charge is 2.40. The van der Waals surface area contributed by atoms with E-state index in [1.54, 1.807) is 0 Å². The third kappa shape index (κ3) is 1.86. The molecule has 3 rings (SSSR count). The Labute approximate surface area is 97.4 Å². The quantitative estimate of drug-likeness (QED) is 0.707. The Kier molecular flexibility index (Phi) is 2.88. The predicted molar refractivity (Wildman–Crippen MR) is 63.1 cm³/mol. The van der Waals surface area contributed by atoms with Gasteiger partial charge in [0, 0.05) is 12.1 Å². The summed E-state index contributed by atoms with van der Waals surface area (Å²) in [6, 6.07) is 1.08. The van der Waals surface area contributed by atoms with E-state index in [2.05, 4.69) is 10.6 Å². The highest BCUT2D eigenvalue weighted by molar-refractivity contribution is 5.83. The lowest BCUT2D eigenvalue weighted by atomic mass is 9.85. The SMILES string of the molecule is O=C1N[C@@H]2CCCC[C@H]2N[C@@H]1C1CCCC1. The van der Waals surface area contributed by atoms with E-state index in [0.717, 1.165) is 0 Å². The van der Waals surface area contributed by atoms with Crippen LogP contribution in [0.5, 0.6) is 0 Å². The van der Waals surface area contributed by atoms with Gasteiger partial charge in [0.1, 0.15) is 0 Å². The van der Waals surface area contributed by atoms with Crippen LogP contribution in [0.4, 0.5) is 0 Å². The molecule has 2 aliphatic carbocycles. The molecule has 1 saturated heterocycles. The van der Waals surface area contributed by atoms with E-state index < -0.39 is 0 Å². The third-order valence-corrected chi connectivity index (χ3v) is 4.64. The lowest BCUT2D eigenvalue weighted by Crippen LogP contribution is -2.66. The molecule has 1 aliphatic heterocycles. The lowest BCUT2D eigenvalue weighted by Gasteiger charge is -2.42. The molecule has 2 N–H and O–H groups in total. The number of carbonyl (C=O) groups is 1. The Bertz CT molecular complexity index is 273. The Morgan fingerprint density at radius 3 is 2.25 bits per heavy atom. The largest absolute Gasteiger partial charge is 0.350 e. The number of hydrogen-bond acceptors (Lipinski definition) is 2. The van der Waals surface area contributed by atoms with Crippen molar-refractivity contribution in [1.82, 2.24) is 10.6 Å². The van der Waals surface area contributed by atoms with E-state index >= 15 is 0 Å². The van der Waals surface area contributed by atoms with E-state index in [9.17, 15) is 4.79 Å². The molecule has 0 unspecified atom stereocenters. The zero-order chi connectivity index (χ0) is 11.0. The molecule has 0 spiro atoms. The third-order valence-electron chi connectivity index (χ3n) is 4.64. The van der Waals surface area contributed by atoms with Gasteiger partial charge in [-0.15, -0.1) is 0 Å². The van der Waals surface area contributed by atoms with Crippen LogP contribution in [0.3, 0.4) is 0 Å². The van der Waals surface area contributed by atoms with Crippen LogP contribution >= 0.6 is 0 Å². The summed E-state index contributed by atoms with van der Waals surface area (Å²) in [5.74, 6) is 0.873. The average molecular weight is 222 g/mol. The van der Waals surface area contributed by atoms with E-state index in [-0.39, 0.29) is 11.9 Å². The summed E-state index contributed by atoms with van der Waals surface area (Å²) < 4.78 is 0. The van der Waals surface area contributed by atoms with Crippen LogP contribution in [-0.2, 0) is 4.79 Å². The Morgan fingerprint density at radius 2 is 1.50 bits per heavy atom. The number of rotatable bonds is 1. The van der Waals surface area contributed by atoms with Crippen molar-refractivity contribution in [2.45, 2.75) is 69.5 Å². The van der Waals surface area contributed by atoms with Crippen LogP contribution < -0.4 is 10.6 Å². The zero-order valence-electron chi connectivity index (χ0n) is 9.87. The second kappa shape index (κ2) is 4.36. The molecule has 90 valence electrons. The molecule has 3 nitrogen and oxygen atoms in total. The number of carbonyl (C=O) groups excluding carboxylic acids is 1. The van der Waals surface area contributed by atoms with Gasteiger partial charge in [0.25, 0.3) is 0 Å². The fraction of sp³-hybridized carbons (Fsp3) is 0.923. The van der Waals surface area contributed by atoms with Gasteiger partial charge in [-0.25, -0.2) is 0 Å². The van der Waals surface area contributed by atoms with Crippen molar-refractivity contribution in [1.29, 1.82) is 0 Å². The van der Waals surface area contributed by atoms with Crippen LogP contribution in [0, 0.1) is 5.92 Å². The van der Waals surface area contributed by atoms with E-state index in [1.807, 2.05) is 0 Å². The Balaban J connectivity index is 1.68. The van der Waals surface area contributed by atoms with Gasteiger partial charge < -0.3 is 10.6 Å². The van der Waals surface area contributed by atoms with Crippen LogP contribution in [-0.4, -0.2) is 24.0 Å². The molecule has 3 heteroatoms.